The predicted octanol–water partition coefficient (Wildman–Crippen LogP) is 1.99. The Morgan fingerprint density at radius 1 is 1.52 bits per heavy atom. The van der Waals surface area contributed by atoms with Crippen molar-refractivity contribution in [1.82, 2.24) is 15.1 Å². The van der Waals surface area contributed by atoms with E-state index >= 15 is 0 Å². The Bertz CT molecular complexity index is 707. The number of carbonyl (C=O) groups is 1. The lowest BCUT2D eigenvalue weighted by atomic mass is 10.00. The minimum atomic E-state index is -1.18. The maximum absolute atomic E-state index is 13.0. The number of benzene rings is 1. The first-order valence-electron chi connectivity index (χ1n) is 7.27. The molecule has 0 fully saturated rings. The van der Waals surface area contributed by atoms with Crippen LogP contribution < -0.4 is 5.32 Å². The summed E-state index contributed by atoms with van der Waals surface area (Å²) in [6.07, 6.45) is 6.76. The van der Waals surface area contributed by atoms with Crippen LogP contribution in [0.3, 0.4) is 0 Å². The fourth-order valence-corrected chi connectivity index (χ4v) is 2.06. The minimum Gasteiger partial charge on any atom is -0.383 e. The summed E-state index contributed by atoms with van der Waals surface area (Å²) in [5.41, 5.74) is 0.145. The van der Waals surface area contributed by atoms with Gasteiger partial charge in [-0.2, -0.15) is 5.10 Å². The molecule has 2 rings (SSSR count). The van der Waals surface area contributed by atoms with Gasteiger partial charge in [-0.15, -0.1) is 0 Å². The lowest BCUT2D eigenvalue weighted by Crippen LogP contribution is -2.38. The molecule has 0 aliphatic carbocycles. The SMILES string of the molecule is Cn1cc(C(C)(O)CNC(=O)CC=Cc2cccc(F)c2)cn1. The Balaban J connectivity index is 1.83. The molecule has 1 atom stereocenters. The quantitative estimate of drug-likeness (QED) is 0.856. The highest BCUT2D eigenvalue weighted by molar-refractivity contribution is 5.78. The van der Waals surface area contributed by atoms with E-state index in [9.17, 15) is 14.3 Å². The van der Waals surface area contributed by atoms with Crippen LogP contribution in [0.15, 0.2) is 42.7 Å². The van der Waals surface area contributed by atoms with Crippen LogP contribution in [0.1, 0.15) is 24.5 Å². The van der Waals surface area contributed by atoms with Gasteiger partial charge in [-0.3, -0.25) is 9.48 Å². The van der Waals surface area contributed by atoms with Crippen LogP contribution in [0.5, 0.6) is 0 Å². The summed E-state index contributed by atoms with van der Waals surface area (Å²) >= 11 is 0. The molecule has 5 nitrogen and oxygen atoms in total. The van der Waals surface area contributed by atoms with Gasteiger partial charge in [-0.25, -0.2) is 4.39 Å². The van der Waals surface area contributed by atoms with Crippen LogP contribution in [0.4, 0.5) is 4.39 Å². The maximum atomic E-state index is 13.0. The number of hydrogen-bond acceptors (Lipinski definition) is 3. The molecule has 1 aromatic carbocycles. The van der Waals surface area contributed by atoms with E-state index in [0.29, 0.717) is 11.1 Å². The number of amides is 1. The van der Waals surface area contributed by atoms with Gasteiger partial charge in [0, 0.05) is 25.2 Å². The number of carbonyl (C=O) groups excluding carboxylic acids is 1. The van der Waals surface area contributed by atoms with Gasteiger partial charge < -0.3 is 10.4 Å². The third-order valence-corrected chi connectivity index (χ3v) is 3.42. The molecule has 2 N–H and O–H groups in total. The van der Waals surface area contributed by atoms with Gasteiger partial charge in [-0.1, -0.05) is 24.3 Å². The average Bonchev–Trinajstić information content (AvgIpc) is 2.93. The van der Waals surface area contributed by atoms with Crippen molar-refractivity contribution in [1.29, 1.82) is 0 Å². The van der Waals surface area contributed by atoms with E-state index in [0.717, 1.165) is 0 Å². The summed E-state index contributed by atoms with van der Waals surface area (Å²) in [6.45, 7) is 1.71. The summed E-state index contributed by atoms with van der Waals surface area (Å²) in [6, 6.07) is 6.12. The molecule has 1 heterocycles. The average molecular weight is 317 g/mol. The zero-order chi connectivity index (χ0) is 16.9. The Kier molecular flexibility index (Phi) is 5.28. The number of aromatic nitrogens is 2. The standard InChI is InChI=1S/C17H20FN3O2/c1-17(23,14-10-20-21(2)11-14)12-19-16(22)8-4-6-13-5-3-7-15(18)9-13/h3-7,9-11,23H,8,12H2,1-2H3,(H,19,22). The molecule has 1 amide bonds. The van der Waals surface area contributed by atoms with Crippen LogP contribution in [-0.4, -0.2) is 27.3 Å². The summed E-state index contributed by atoms with van der Waals surface area (Å²) in [7, 11) is 1.76. The summed E-state index contributed by atoms with van der Waals surface area (Å²) < 4.78 is 14.6. The second-order valence-electron chi connectivity index (χ2n) is 5.61. The van der Waals surface area contributed by atoms with Gasteiger partial charge in [0.25, 0.3) is 0 Å². The monoisotopic (exact) mass is 317 g/mol. The first kappa shape index (κ1) is 16.9. The van der Waals surface area contributed by atoms with Crippen LogP contribution in [-0.2, 0) is 17.4 Å². The molecule has 23 heavy (non-hydrogen) atoms. The van der Waals surface area contributed by atoms with Gasteiger partial charge in [0.05, 0.1) is 12.7 Å². The molecule has 0 spiro atoms. The lowest BCUT2D eigenvalue weighted by molar-refractivity contribution is -0.121. The topological polar surface area (TPSA) is 67.2 Å². The van der Waals surface area contributed by atoms with Crippen molar-refractivity contribution in [2.75, 3.05) is 6.54 Å². The van der Waals surface area contributed by atoms with Crippen molar-refractivity contribution < 1.29 is 14.3 Å². The smallest absolute Gasteiger partial charge is 0.223 e. The molecular weight excluding hydrogens is 297 g/mol. The normalized spacial score (nSPS) is 13.9. The summed E-state index contributed by atoms with van der Waals surface area (Å²) in [5, 5.41) is 17.0. The lowest BCUT2D eigenvalue weighted by Gasteiger charge is -2.22. The third kappa shape index (κ3) is 5.03. The Hall–Kier alpha value is -2.47. The molecule has 1 unspecified atom stereocenters. The van der Waals surface area contributed by atoms with E-state index in [1.807, 2.05) is 0 Å². The highest BCUT2D eigenvalue weighted by Gasteiger charge is 2.25. The second kappa shape index (κ2) is 7.19. The van der Waals surface area contributed by atoms with Gasteiger partial charge in [-0.05, 0) is 24.6 Å². The highest BCUT2D eigenvalue weighted by atomic mass is 19.1. The molecule has 0 aliphatic heterocycles. The Morgan fingerprint density at radius 3 is 2.96 bits per heavy atom. The first-order chi connectivity index (χ1) is 10.9. The summed E-state index contributed by atoms with van der Waals surface area (Å²) in [4.78, 5) is 11.8. The van der Waals surface area contributed by atoms with Crippen molar-refractivity contribution in [2.24, 2.45) is 7.05 Å². The van der Waals surface area contributed by atoms with Gasteiger partial charge in [0.1, 0.15) is 11.4 Å². The molecule has 122 valence electrons. The van der Waals surface area contributed by atoms with Crippen molar-refractivity contribution >= 4 is 12.0 Å². The summed E-state index contributed by atoms with van der Waals surface area (Å²) in [5.74, 6) is -0.536. The number of hydrogen-bond donors (Lipinski definition) is 2. The van der Waals surface area contributed by atoms with Gasteiger partial charge >= 0.3 is 0 Å². The van der Waals surface area contributed by atoms with E-state index in [4.69, 9.17) is 0 Å². The largest absolute Gasteiger partial charge is 0.383 e. The van der Waals surface area contributed by atoms with Crippen molar-refractivity contribution in [3.05, 3.63) is 59.7 Å². The number of aliphatic hydroxyl groups is 1. The van der Waals surface area contributed by atoms with E-state index in [1.165, 1.54) is 12.1 Å². The number of aryl methyl sites for hydroxylation is 1. The number of halogens is 1. The second-order valence-corrected chi connectivity index (χ2v) is 5.61. The van der Waals surface area contributed by atoms with Crippen LogP contribution in [0.2, 0.25) is 0 Å². The molecule has 1 aromatic heterocycles. The van der Waals surface area contributed by atoms with E-state index in [-0.39, 0.29) is 24.7 Å². The van der Waals surface area contributed by atoms with E-state index < -0.39 is 5.60 Å². The zero-order valence-corrected chi connectivity index (χ0v) is 13.2. The molecule has 6 heteroatoms. The Labute approximate surface area is 134 Å². The van der Waals surface area contributed by atoms with Crippen molar-refractivity contribution in [2.45, 2.75) is 18.9 Å². The molecule has 0 saturated carbocycles. The molecular formula is C17H20FN3O2. The molecule has 0 saturated heterocycles. The third-order valence-electron chi connectivity index (χ3n) is 3.42. The predicted molar refractivity (Wildman–Crippen MR) is 85.8 cm³/mol. The minimum absolute atomic E-state index is 0.0886. The van der Waals surface area contributed by atoms with Crippen LogP contribution >= 0.6 is 0 Å². The first-order valence-corrected chi connectivity index (χ1v) is 7.27. The Morgan fingerprint density at radius 2 is 2.30 bits per heavy atom. The molecule has 0 bridgehead atoms. The number of rotatable bonds is 6. The van der Waals surface area contributed by atoms with Gasteiger partial charge in [0.15, 0.2) is 0 Å². The fourth-order valence-electron chi connectivity index (χ4n) is 2.06. The van der Waals surface area contributed by atoms with Crippen LogP contribution in [0.25, 0.3) is 6.08 Å². The van der Waals surface area contributed by atoms with Crippen LogP contribution in [0, 0.1) is 5.82 Å². The van der Waals surface area contributed by atoms with Crippen molar-refractivity contribution in [3.8, 4) is 0 Å². The molecule has 0 aliphatic rings. The highest BCUT2D eigenvalue weighted by Crippen LogP contribution is 2.18. The number of nitrogens with one attached hydrogen (secondary N) is 1. The zero-order valence-electron chi connectivity index (χ0n) is 13.2. The van der Waals surface area contributed by atoms with Gasteiger partial charge in [0.2, 0.25) is 5.91 Å². The number of nitrogens with zero attached hydrogens (tertiary/aromatic N) is 2. The van der Waals surface area contributed by atoms with E-state index in [1.54, 1.807) is 55.3 Å². The maximum Gasteiger partial charge on any atom is 0.223 e. The van der Waals surface area contributed by atoms with Crippen molar-refractivity contribution in [3.63, 3.8) is 0 Å². The molecule has 2 aromatic rings. The van der Waals surface area contributed by atoms with E-state index in [2.05, 4.69) is 10.4 Å². The fraction of sp³-hybridized carbons (Fsp3) is 0.294. The molecule has 0 radical (unpaired) electrons.